The van der Waals surface area contributed by atoms with E-state index in [-0.39, 0.29) is 18.4 Å². The number of hydrogen-bond acceptors (Lipinski definition) is 4. The van der Waals surface area contributed by atoms with Crippen LogP contribution in [0.2, 0.25) is 0 Å². The van der Waals surface area contributed by atoms with Crippen molar-refractivity contribution in [2.45, 2.75) is 38.8 Å². The van der Waals surface area contributed by atoms with Crippen LogP contribution in [-0.2, 0) is 14.3 Å². The number of ether oxygens (including phenoxy) is 1. The molecule has 0 aliphatic carbocycles. The zero-order chi connectivity index (χ0) is 12.3. The van der Waals surface area contributed by atoms with Crippen molar-refractivity contribution in [3.63, 3.8) is 0 Å². The molecule has 0 aromatic carbocycles. The Morgan fingerprint density at radius 3 is 2.69 bits per heavy atom. The van der Waals surface area contributed by atoms with Crippen LogP contribution in [0.1, 0.15) is 26.7 Å². The monoisotopic (exact) mass is 228 g/mol. The lowest BCUT2D eigenvalue weighted by Crippen LogP contribution is -2.53. The van der Waals surface area contributed by atoms with Crippen molar-refractivity contribution in [1.82, 2.24) is 10.2 Å². The molecule has 1 rings (SSSR count). The minimum atomic E-state index is -0.658. The van der Waals surface area contributed by atoms with Crippen LogP contribution in [0.4, 0.5) is 4.79 Å². The van der Waals surface area contributed by atoms with Crippen molar-refractivity contribution in [3.05, 3.63) is 0 Å². The maximum atomic E-state index is 11.6. The Morgan fingerprint density at radius 1 is 1.50 bits per heavy atom. The SMILES string of the molecule is CC(C)OC(=O)NC1CCC(=O)N(C)C1=O. The van der Waals surface area contributed by atoms with Gasteiger partial charge in [-0.1, -0.05) is 0 Å². The van der Waals surface area contributed by atoms with Crippen LogP contribution in [0.5, 0.6) is 0 Å². The Morgan fingerprint density at radius 2 is 2.12 bits per heavy atom. The number of nitrogens with zero attached hydrogens (tertiary/aromatic N) is 1. The number of imide groups is 1. The van der Waals surface area contributed by atoms with Gasteiger partial charge < -0.3 is 10.1 Å². The smallest absolute Gasteiger partial charge is 0.408 e. The Balaban J connectivity index is 2.52. The zero-order valence-electron chi connectivity index (χ0n) is 9.65. The van der Waals surface area contributed by atoms with Crippen molar-refractivity contribution in [2.75, 3.05) is 7.05 Å². The van der Waals surface area contributed by atoms with Crippen LogP contribution in [0.25, 0.3) is 0 Å². The van der Waals surface area contributed by atoms with Gasteiger partial charge in [0.25, 0.3) is 5.91 Å². The van der Waals surface area contributed by atoms with Gasteiger partial charge in [-0.25, -0.2) is 4.79 Å². The number of amides is 3. The fourth-order valence-corrected chi connectivity index (χ4v) is 1.44. The number of piperidine rings is 1. The summed E-state index contributed by atoms with van der Waals surface area (Å²) in [5, 5.41) is 2.45. The number of rotatable bonds is 2. The van der Waals surface area contributed by atoms with E-state index < -0.39 is 18.0 Å². The topological polar surface area (TPSA) is 75.7 Å². The molecule has 0 spiro atoms. The first-order valence-electron chi connectivity index (χ1n) is 5.19. The fraction of sp³-hybridized carbons (Fsp3) is 0.700. The molecule has 0 radical (unpaired) electrons. The number of alkyl carbamates (subject to hydrolysis) is 1. The second-order valence-electron chi connectivity index (χ2n) is 3.98. The fourth-order valence-electron chi connectivity index (χ4n) is 1.44. The van der Waals surface area contributed by atoms with Gasteiger partial charge in [-0.15, -0.1) is 0 Å². The largest absolute Gasteiger partial charge is 0.447 e. The molecule has 0 saturated carbocycles. The van der Waals surface area contributed by atoms with E-state index >= 15 is 0 Å². The number of hydrogen-bond donors (Lipinski definition) is 1. The lowest BCUT2D eigenvalue weighted by Gasteiger charge is -2.28. The molecule has 1 aliphatic heterocycles. The van der Waals surface area contributed by atoms with Crippen LogP contribution in [0.3, 0.4) is 0 Å². The van der Waals surface area contributed by atoms with Crippen LogP contribution >= 0.6 is 0 Å². The molecule has 90 valence electrons. The summed E-state index contributed by atoms with van der Waals surface area (Å²) >= 11 is 0. The van der Waals surface area contributed by atoms with E-state index in [1.54, 1.807) is 13.8 Å². The standard InChI is InChI=1S/C10H16N2O4/c1-6(2)16-10(15)11-7-4-5-8(13)12(3)9(7)14/h6-7H,4-5H2,1-3H3,(H,11,15). The van der Waals surface area contributed by atoms with Gasteiger partial charge in [-0.3, -0.25) is 14.5 Å². The van der Waals surface area contributed by atoms with E-state index in [9.17, 15) is 14.4 Å². The van der Waals surface area contributed by atoms with Gasteiger partial charge in [0.1, 0.15) is 6.04 Å². The molecular weight excluding hydrogens is 212 g/mol. The molecule has 1 saturated heterocycles. The van der Waals surface area contributed by atoms with Crippen molar-refractivity contribution in [1.29, 1.82) is 0 Å². The molecule has 1 fully saturated rings. The van der Waals surface area contributed by atoms with Gasteiger partial charge in [0, 0.05) is 13.5 Å². The van der Waals surface area contributed by atoms with E-state index in [2.05, 4.69) is 5.32 Å². The summed E-state index contributed by atoms with van der Waals surface area (Å²) in [6.45, 7) is 3.44. The first-order valence-corrected chi connectivity index (χ1v) is 5.19. The molecule has 0 aromatic rings. The molecule has 16 heavy (non-hydrogen) atoms. The summed E-state index contributed by atoms with van der Waals surface area (Å²) in [6.07, 6.45) is -0.279. The average Bonchev–Trinajstić information content (AvgIpc) is 2.18. The van der Waals surface area contributed by atoms with Crippen molar-refractivity contribution < 1.29 is 19.1 Å². The molecule has 1 N–H and O–H groups in total. The van der Waals surface area contributed by atoms with Crippen LogP contribution < -0.4 is 5.32 Å². The summed E-state index contributed by atoms with van der Waals surface area (Å²) < 4.78 is 4.86. The van der Waals surface area contributed by atoms with Gasteiger partial charge in [-0.2, -0.15) is 0 Å². The van der Waals surface area contributed by atoms with E-state index in [1.165, 1.54) is 7.05 Å². The highest BCUT2D eigenvalue weighted by atomic mass is 16.6. The summed E-state index contributed by atoms with van der Waals surface area (Å²) in [5.41, 5.74) is 0. The molecule has 1 atom stereocenters. The van der Waals surface area contributed by atoms with Gasteiger partial charge >= 0.3 is 6.09 Å². The van der Waals surface area contributed by atoms with Gasteiger partial charge in [0.2, 0.25) is 5.91 Å². The molecule has 6 heteroatoms. The number of carbonyl (C=O) groups excluding carboxylic acids is 3. The lowest BCUT2D eigenvalue weighted by molar-refractivity contribution is -0.147. The molecular formula is C10H16N2O4. The zero-order valence-corrected chi connectivity index (χ0v) is 9.65. The van der Waals surface area contributed by atoms with Gasteiger partial charge in [0.05, 0.1) is 6.10 Å². The Bertz CT molecular complexity index is 314. The maximum absolute atomic E-state index is 11.6. The average molecular weight is 228 g/mol. The van der Waals surface area contributed by atoms with E-state index in [1.807, 2.05) is 0 Å². The highest BCUT2D eigenvalue weighted by molar-refractivity contribution is 6.01. The lowest BCUT2D eigenvalue weighted by atomic mass is 10.1. The minimum Gasteiger partial charge on any atom is -0.447 e. The molecule has 3 amide bonds. The normalized spacial score (nSPS) is 21.2. The van der Waals surface area contributed by atoms with E-state index in [4.69, 9.17) is 4.74 Å². The minimum absolute atomic E-state index is 0.222. The number of likely N-dealkylation sites (tertiary alicyclic amines) is 1. The number of likely N-dealkylation sites (N-methyl/N-ethyl adjacent to an activating group) is 1. The summed E-state index contributed by atoms with van der Waals surface area (Å²) in [7, 11) is 1.41. The third kappa shape index (κ3) is 2.95. The highest BCUT2D eigenvalue weighted by Gasteiger charge is 2.33. The van der Waals surface area contributed by atoms with E-state index in [0.29, 0.717) is 6.42 Å². The van der Waals surface area contributed by atoms with Gasteiger partial charge in [0.15, 0.2) is 0 Å². The van der Waals surface area contributed by atoms with Gasteiger partial charge in [-0.05, 0) is 20.3 Å². The number of carbonyl (C=O) groups is 3. The predicted molar refractivity (Wildman–Crippen MR) is 55.6 cm³/mol. The van der Waals surface area contributed by atoms with Crippen LogP contribution in [-0.4, -0.2) is 42.0 Å². The summed E-state index contributed by atoms with van der Waals surface area (Å²) in [5.74, 6) is -0.614. The maximum Gasteiger partial charge on any atom is 0.408 e. The first-order chi connectivity index (χ1) is 7.41. The second-order valence-corrected chi connectivity index (χ2v) is 3.98. The Hall–Kier alpha value is -1.59. The van der Waals surface area contributed by atoms with Crippen LogP contribution in [0, 0.1) is 0 Å². The highest BCUT2D eigenvalue weighted by Crippen LogP contribution is 2.11. The second kappa shape index (κ2) is 4.96. The van der Waals surface area contributed by atoms with Crippen molar-refractivity contribution >= 4 is 17.9 Å². The number of nitrogens with one attached hydrogen (secondary N) is 1. The first kappa shape index (κ1) is 12.5. The summed E-state index contributed by atoms with van der Waals surface area (Å²) in [6, 6.07) is -0.658. The van der Waals surface area contributed by atoms with Crippen LogP contribution in [0.15, 0.2) is 0 Å². The molecule has 6 nitrogen and oxygen atoms in total. The van der Waals surface area contributed by atoms with Crippen molar-refractivity contribution in [2.24, 2.45) is 0 Å². The predicted octanol–water partition coefficient (Wildman–Crippen LogP) is 0.268. The van der Waals surface area contributed by atoms with Crippen molar-refractivity contribution in [3.8, 4) is 0 Å². The molecule has 1 aliphatic rings. The Labute approximate surface area is 93.9 Å². The molecule has 1 heterocycles. The van der Waals surface area contributed by atoms with E-state index in [0.717, 1.165) is 4.90 Å². The Kier molecular flexibility index (Phi) is 3.87. The third-order valence-corrected chi connectivity index (χ3v) is 2.28. The molecule has 0 aromatic heterocycles. The third-order valence-electron chi connectivity index (χ3n) is 2.28. The summed E-state index contributed by atoms with van der Waals surface area (Å²) in [4.78, 5) is 35.1. The molecule has 0 bridgehead atoms. The molecule has 1 unspecified atom stereocenters. The quantitative estimate of drug-likeness (QED) is 0.688.